The van der Waals surface area contributed by atoms with Gasteiger partial charge in [-0.05, 0) is 43.5 Å². The fourth-order valence-electron chi connectivity index (χ4n) is 2.10. The summed E-state index contributed by atoms with van der Waals surface area (Å²) in [5, 5.41) is 3.57. The predicted octanol–water partition coefficient (Wildman–Crippen LogP) is 4.59. The molecule has 0 aliphatic heterocycles. The van der Waals surface area contributed by atoms with Crippen LogP contribution in [-0.2, 0) is 13.0 Å². The molecule has 2 nitrogen and oxygen atoms in total. The molecule has 22 heavy (non-hydrogen) atoms. The third kappa shape index (κ3) is 5.53. The monoisotopic (exact) mass is 297 g/mol. The Bertz CT molecular complexity index is 546. The molecule has 0 spiro atoms. The summed E-state index contributed by atoms with van der Waals surface area (Å²) in [7, 11) is 0. The molecule has 2 rings (SSSR count). The second kappa shape index (κ2) is 8.00. The molecular weight excluding hydrogens is 270 g/mol. The first-order chi connectivity index (χ1) is 10.6. The van der Waals surface area contributed by atoms with Gasteiger partial charge in [-0.25, -0.2) is 0 Å². The molecule has 1 N–H and O–H groups in total. The summed E-state index contributed by atoms with van der Waals surface area (Å²) in [6.45, 7) is 8.27. The molecule has 0 unspecified atom stereocenters. The minimum atomic E-state index is 0.185. The lowest BCUT2D eigenvalue weighted by molar-refractivity contribution is 0.321. The first-order valence-corrected chi connectivity index (χ1v) is 8.10. The predicted molar refractivity (Wildman–Crippen MR) is 93.3 cm³/mol. The van der Waals surface area contributed by atoms with E-state index in [1.165, 1.54) is 11.1 Å². The van der Waals surface area contributed by atoms with Gasteiger partial charge >= 0.3 is 0 Å². The van der Waals surface area contributed by atoms with Crippen molar-refractivity contribution in [3.8, 4) is 5.75 Å². The number of rotatable bonds is 8. The first kappa shape index (κ1) is 16.6. The van der Waals surface area contributed by atoms with Crippen LogP contribution in [0.1, 0.15) is 38.3 Å². The summed E-state index contributed by atoms with van der Waals surface area (Å²) < 4.78 is 5.81. The molecule has 2 aromatic rings. The average Bonchev–Trinajstić information content (AvgIpc) is 2.55. The maximum atomic E-state index is 5.81. The minimum Gasteiger partial charge on any atom is -0.493 e. The Morgan fingerprint density at radius 1 is 0.909 bits per heavy atom. The van der Waals surface area contributed by atoms with Gasteiger partial charge in [0.1, 0.15) is 5.75 Å². The van der Waals surface area contributed by atoms with Crippen molar-refractivity contribution in [3.63, 3.8) is 0 Å². The van der Waals surface area contributed by atoms with Crippen LogP contribution in [0, 0.1) is 0 Å². The summed E-state index contributed by atoms with van der Waals surface area (Å²) >= 11 is 0. The molecule has 118 valence electrons. The highest BCUT2D eigenvalue weighted by Crippen LogP contribution is 2.14. The highest BCUT2D eigenvalue weighted by molar-refractivity contribution is 5.27. The number of ether oxygens (including phenoxy) is 1. The van der Waals surface area contributed by atoms with E-state index in [1.54, 1.807) is 0 Å². The van der Waals surface area contributed by atoms with Gasteiger partial charge in [0.2, 0.25) is 0 Å². The van der Waals surface area contributed by atoms with E-state index < -0.39 is 0 Å². The Morgan fingerprint density at radius 2 is 1.59 bits per heavy atom. The molecule has 0 atom stereocenters. The zero-order valence-corrected chi connectivity index (χ0v) is 13.9. The standard InChI is InChI=1S/C20H27NO/c1-4-20(2,3)21-16-18-10-12-19(13-11-18)22-15-14-17-8-6-5-7-9-17/h5-13,21H,4,14-16H2,1-3H3. The Labute approximate surface area is 134 Å². The van der Waals surface area contributed by atoms with Crippen LogP contribution in [0.15, 0.2) is 54.6 Å². The molecule has 0 aliphatic carbocycles. The Morgan fingerprint density at radius 3 is 2.23 bits per heavy atom. The van der Waals surface area contributed by atoms with Crippen LogP contribution in [0.3, 0.4) is 0 Å². The van der Waals surface area contributed by atoms with Crippen LogP contribution in [-0.4, -0.2) is 12.1 Å². The molecule has 0 saturated heterocycles. The Hall–Kier alpha value is -1.80. The van der Waals surface area contributed by atoms with Gasteiger partial charge in [0.15, 0.2) is 0 Å². The van der Waals surface area contributed by atoms with E-state index in [9.17, 15) is 0 Å². The van der Waals surface area contributed by atoms with Crippen molar-refractivity contribution in [2.75, 3.05) is 6.61 Å². The SMILES string of the molecule is CCC(C)(C)NCc1ccc(OCCc2ccccc2)cc1. The van der Waals surface area contributed by atoms with Crippen molar-refractivity contribution in [3.05, 3.63) is 65.7 Å². The van der Waals surface area contributed by atoms with Crippen molar-refractivity contribution in [1.82, 2.24) is 5.32 Å². The average molecular weight is 297 g/mol. The zero-order valence-electron chi connectivity index (χ0n) is 13.9. The topological polar surface area (TPSA) is 21.3 Å². The molecule has 0 bridgehead atoms. The van der Waals surface area contributed by atoms with Crippen molar-refractivity contribution >= 4 is 0 Å². The fourth-order valence-corrected chi connectivity index (χ4v) is 2.10. The second-order valence-corrected chi connectivity index (χ2v) is 6.32. The molecule has 0 amide bonds. The lowest BCUT2D eigenvalue weighted by atomic mass is 10.0. The van der Waals surface area contributed by atoms with Crippen molar-refractivity contribution in [2.24, 2.45) is 0 Å². The Kier molecular flexibility index (Phi) is 6.02. The molecule has 0 radical (unpaired) electrons. The summed E-state index contributed by atoms with van der Waals surface area (Å²) in [4.78, 5) is 0. The molecule has 0 heterocycles. The molecule has 0 aromatic heterocycles. The summed E-state index contributed by atoms with van der Waals surface area (Å²) in [5.41, 5.74) is 2.78. The third-order valence-electron chi connectivity index (χ3n) is 4.08. The smallest absolute Gasteiger partial charge is 0.119 e. The largest absolute Gasteiger partial charge is 0.493 e. The molecular formula is C20H27NO. The van der Waals surface area contributed by atoms with Crippen LogP contribution in [0.2, 0.25) is 0 Å². The molecule has 0 aliphatic rings. The number of hydrogen-bond donors (Lipinski definition) is 1. The summed E-state index contributed by atoms with van der Waals surface area (Å²) in [5.74, 6) is 0.939. The zero-order chi connectivity index (χ0) is 15.8. The fraction of sp³-hybridized carbons (Fsp3) is 0.400. The summed E-state index contributed by atoms with van der Waals surface area (Å²) in [6.07, 6.45) is 2.06. The van der Waals surface area contributed by atoms with Crippen molar-refractivity contribution in [1.29, 1.82) is 0 Å². The van der Waals surface area contributed by atoms with E-state index in [1.807, 2.05) is 6.07 Å². The molecule has 2 heteroatoms. The minimum absolute atomic E-state index is 0.185. The van der Waals surface area contributed by atoms with Gasteiger partial charge in [-0.15, -0.1) is 0 Å². The first-order valence-electron chi connectivity index (χ1n) is 8.10. The van der Waals surface area contributed by atoms with Gasteiger partial charge in [-0.2, -0.15) is 0 Å². The van der Waals surface area contributed by atoms with E-state index in [2.05, 4.69) is 74.6 Å². The van der Waals surface area contributed by atoms with E-state index in [-0.39, 0.29) is 5.54 Å². The highest BCUT2D eigenvalue weighted by Gasteiger charge is 2.13. The Balaban J connectivity index is 1.77. The van der Waals surface area contributed by atoms with Gasteiger partial charge in [-0.3, -0.25) is 0 Å². The molecule has 0 saturated carbocycles. The van der Waals surface area contributed by atoms with Crippen LogP contribution in [0.25, 0.3) is 0 Å². The third-order valence-corrected chi connectivity index (χ3v) is 4.08. The van der Waals surface area contributed by atoms with E-state index >= 15 is 0 Å². The van der Waals surface area contributed by atoms with Gasteiger partial charge in [0.25, 0.3) is 0 Å². The van der Waals surface area contributed by atoms with Gasteiger partial charge in [0.05, 0.1) is 6.61 Å². The maximum absolute atomic E-state index is 5.81. The number of benzene rings is 2. The van der Waals surface area contributed by atoms with E-state index in [4.69, 9.17) is 4.74 Å². The summed E-state index contributed by atoms with van der Waals surface area (Å²) in [6, 6.07) is 18.8. The van der Waals surface area contributed by atoms with Gasteiger partial charge in [-0.1, -0.05) is 49.4 Å². The molecule has 0 fully saturated rings. The van der Waals surface area contributed by atoms with E-state index in [0.29, 0.717) is 6.61 Å². The van der Waals surface area contributed by atoms with Crippen molar-refractivity contribution < 1.29 is 4.74 Å². The highest BCUT2D eigenvalue weighted by atomic mass is 16.5. The van der Waals surface area contributed by atoms with Crippen LogP contribution in [0.4, 0.5) is 0 Å². The van der Waals surface area contributed by atoms with Crippen molar-refractivity contribution in [2.45, 2.75) is 45.7 Å². The van der Waals surface area contributed by atoms with Crippen LogP contribution >= 0.6 is 0 Å². The molecule has 2 aromatic carbocycles. The van der Waals surface area contributed by atoms with Gasteiger partial charge < -0.3 is 10.1 Å². The lowest BCUT2D eigenvalue weighted by Gasteiger charge is -2.24. The normalized spacial score (nSPS) is 11.4. The van der Waals surface area contributed by atoms with Crippen LogP contribution in [0.5, 0.6) is 5.75 Å². The maximum Gasteiger partial charge on any atom is 0.119 e. The second-order valence-electron chi connectivity index (χ2n) is 6.32. The van der Waals surface area contributed by atoms with Gasteiger partial charge in [0, 0.05) is 18.5 Å². The van der Waals surface area contributed by atoms with E-state index in [0.717, 1.165) is 25.1 Å². The number of nitrogens with one attached hydrogen (secondary N) is 1. The van der Waals surface area contributed by atoms with Crippen LogP contribution < -0.4 is 10.1 Å². The number of hydrogen-bond acceptors (Lipinski definition) is 2. The quantitative estimate of drug-likeness (QED) is 0.769. The lowest BCUT2D eigenvalue weighted by Crippen LogP contribution is -2.37.